The van der Waals surface area contributed by atoms with Crippen molar-refractivity contribution in [2.24, 2.45) is 0 Å². The molecule has 126 valence electrons. The van der Waals surface area contributed by atoms with Crippen molar-refractivity contribution in [3.8, 4) is 0 Å². The second kappa shape index (κ2) is 7.66. The number of alkyl halides is 1. The number of halogens is 2. The van der Waals surface area contributed by atoms with Gasteiger partial charge in [-0.15, -0.1) is 0 Å². The molecule has 0 saturated carbocycles. The van der Waals surface area contributed by atoms with E-state index < -0.39 is 5.79 Å². The van der Waals surface area contributed by atoms with Crippen LogP contribution in [0.15, 0.2) is 54.6 Å². The highest BCUT2D eigenvalue weighted by molar-refractivity contribution is 9.09. The minimum Gasteiger partial charge on any atom is -0.459 e. The van der Waals surface area contributed by atoms with Crippen LogP contribution in [0.2, 0.25) is 5.02 Å². The van der Waals surface area contributed by atoms with Crippen LogP contribution in [0.4, 0.5) is 0 Å². The van der Waals surface area contributed by atoms with E-state index in [0.29, 0.717) is 22.5 Å². The van der Waals surface area contributed by atoms with Crippen LogP contribution < -0.4 is 0 Å². The molecule has 0 spiro atoms. The van der Waals surface area contributed by atoms with Crippen molar-refractivity contribution in [2.45, 2.75) is 11.9 Å². The lowest BCUT2D eigenvalue weighted by Crippen LogP contribution is -2.31. The predicted molar refractivity (Wildman–Crippen MR) is 94.5 cm³/mol. The molecule has 0 radical (unpaired) electrons. The number of rotatable bonds is 5. The van der Waals surface area contributed by atoms with Gasteiger partial charge in [0, 0.05) is 10.6 Å². The van der Waals surface area contributed by atoms with Gasteiger partial charge in [0.05, 0.1) is 17.5 Å². The highest BCUT2D eigenvalue weighted by atomic mass is 79.9. The Kier molecular flexibility index (Phi) is 5.56. The molecule has 0 aliphatic carbocycles. The van der Waals surface area contributed by atoms with Crippen LogP contribution in [0.1, 0.15) is 15.9 Å². The Labute approximate surface area is 153 Å². The molecule has 3 rings (SSSR count). The van der Waals surface area contributed by atoms with E-state index in [1.807, 2.05) is 18.2 Å². The highest BCUT2D eigenvalue weighted by Gasteiger charge is 2.42. The average Bonchev–Trinajstić information content (AvgIpc) is 3.06. The highest BCUT2D eigenvalue weighted by Crippen LogP contribution is 2.36. The largest absolute Gasteiger partial charge is 0.459 e. The van der Waals surface area contributed by atoms with Crippen LogP contribution >= 0.6 is 27.5 Å². The minimum atomic E-state index is -0.894. The summed E-state index contributed by atoms with van der Waals surface area (Å²) in [5.41, 5.74) is 1.38. The molecule has 1 heterocycles. The third kappa shape index (κ3) is 3.81. The topological polar surface area (TPSA) is 44.8 Å². The summed E-state index contributed by atoms with van der Waals surface area (Å²) in [6.45, 7) is 0.479. The zero-order valence-corrected chi connectivity index (χ0v) is 15.1. The summed E-state index contributed by atoms with van der Waals surface area (Å²) in [5.74, 6) is -1.27. The van der Waals surface area contributed by atoms with Crippen LogP contribution in [0.25, 0.3) is 0 Å². The van der Waals surface area contributed by atoms with E-state index >= 15 is 0 Å². The van der Waals surface area contributed by atoms with E-state index in [9.17, 15) is 4.79 Å². The fourth-order valence-electron chi connectivity index (χ4n) is 2.48. The van der Waals surface area contributed by atoms with Crippen molar-refractivity contribution in [3.05, 3.63) is 70.7 Å². The quantitative estimate of drug-likeness (QED) is 0.547. The molecule has 2 aromatic carbocycles. The van der Waals surface area contributed by atoms with Gasteiger partial charge in [0.2, 0.25) is 5.79 Å². The van der Waals surface area contributed by atoms with Gasteiger partial charge >= 0.3 is 5.97 Å². The molecule has 6 heteroatoms. The number of carbonyl (C=O) groups is 1. The minimum absolute atomic E-state index is 0.135. The van der Waals surface area contributed by atoms with E-state index in [2.05, 4.69) is 15.9 Å². The Morgan fingerprint density at radius 3 is 2.58 bits per heavy atom. The first-order chi connectivity index (χ1) is 11.6. The molecular weight excluding hydrogens is 396 g/mol. The van der Waals surface area contributed by atoms with Gasteiger partial charge in [0.25, 0.3) is 0 Å². The summed E-state index contributed by atoms with van der Waals surface area (Å²) in [7, 11) is 0. The molecule has 0 amide bonds. The first-order valence-electron chi connectivity index (χ1n) is 7.49. The Morgan fingerprint density at radius 1 is 1.21 bits per heavy atom. The van der Waals surface area contributed by atoms with Gasteiger partial charge < -0.3 is 14.2 Å². The third-order valence-electron chi connectivity index (χ3n) is 3.73. The maximum absolute atomic E-state index is 12.0. The lowest BCUT2D eigenvalue weighted by Gasteiger charge is -2.26. The van der Waals surface area contributed by atoms with Gasteiger partial charge in [-0.25, -0.2) is 4.79 Å². The van der Waals surface area contributed by atoms with E-state index in [0.717, 1.165) is 5.56 Å². The van der Waals surface area contributed by atoms with Gasteiger partial charge in [0.1, 0.15) is 12.7 Å². The predicted octanol–water partition coefficient (Wildman–Crippen LogP) is 4.16. The van der Waals surface area contributed by atoms with Crippen LogP contribution in [0.5, 0.6) is 0 Å². The first-order valence-corrected chi connectivity index (χ1v) is 8.99. The number of hydrogen-bond donors (Lipinski definition) is 0. The maximum atomic E-state index is 12.0. The molecule has 0 aromatic heterocycles. The normalized spacial score (nSPS) is 23.2. The van der Waals surface area contributed by atoms with Crippen molar-refractivity contribution in [3.63, 3.8) is 0 Å². The lowest BCUT2D eigenvalue weighted by molar-refractivity contribution is -0.160. The molecular formula is C18H16BrClO4. The zero-order valence-electron chi connectivity index (χ0n) is 12.8. The fourth-order valence-corrected chi connectivity index (χ4v) is 3.22. The second-order valence-corrected chi connectivity index (χ2v) is 6.41. The molecule has 1 saturated heterocycles. The van der Waals surface area contributed by atoms with Gasteiger partial charge in [-0.1, -0.05) is 57.9 Å². The van der Waals surface area contributed by atoms with E-state index in [1.165, 1.54) is 0 Å². The Hall–Kier alpha value is -1.40. The van der Waals surface area contributed by atoms with E-state index in [-0.39, 0.29) is 18.7 Å². The van der Waals surface area contributed by atoms with Crippen molar-refractivity contribution in [1.82, 2.24) is 0 Å². The Balaban J connectivity index is 1.62. The summed E-state index contributed by atoms with van der Waals surface area (Å²) in [4.78, 5) is 12.0. The monoisotopic (exact) mass is 410 g/mol. The average molecular weight is 412 g/mol. The van der Waals surface area contributed by atoms with Crippen molar-refractivity contribution < 1.29 is 19.0 Å². The molecule has 0 N–H and O–H groups in total. The summed E-state index contributed by atoms with van der Waals surface area (Å²) in [6, 6.07) is 16.2. The van der Waals surface area contributed by atoms with Gasteiger partial charge in [0.15, 0.2) is 0 Å². The SMILES string of the molecule is O=C(OCC1CO[C@](CBr)(c2ccc(Cl)cc2)O1)c1ccccc1. The zero-order chi connectivity index (χ0) is 17.0. The second-order valence-electron chi connectivity index (χ2n) is 5.41. The molecule has 1 fully saturated rings. The van der Waals surface area contributed by atoms with Crippen LogP contribution in [-0.2, 0) is 20.0 Å². The smallest absolute Gasteiger partial charge is 0.338 e. The van der Waals surface area contributed by atoms with Gasteiger partial charge in [-0.2, -0.15) is 0 Å². The molecule has 4 nitrogen and oxygen atoms in total. The third-order valence-corrected chi connectivity index (χ3v) is 4.72. The number of carbonyl (C=O) groups excluding carboxylic acids is 1. The number of ether oxygens (including phenoxy) is 3. The summed E-state index contributed by atoms with van der Waals surface area (Å²) in [6.07, 6.45) is -0.328. The maximum Gasteiger partial charge on any atom is 0.338 e. The van der Waals surface area contributed by atoms with Crippen LogP contribution in [0, 0.1) is 0 Å². The molecule has 1 unspecified atom stereocenters. The lowest BCUT2D eigenvalue weighted by atomic mass is 10.1. The number of hydrogen-bond acceptors (Lipinski definition) is 4. The molecule has 1 aliphatic heterocycles. The standard InChI is InChI=1S/C18H16BrClO4/c19-12-18(14-6-8-15(20)9-7-14)23-11-16(24-18)10-22-17(21)13-4-2-1-3-5-13/h1-9,16H,10-12H2/t16?,18-/m0/s1. The van der Waals surface area contributed by atoms with Crippen LogP contribution in [0.3, 0.4) is 0 Å². The summed E-state index contributed by atoms with van der Waals surface area (Å²) < 4.78 is 17.2. The van der Waals surface area contributed by atoms with Crippen molar-refractivity contribution in [2.75, 3.05) is 18.5 Å². The van der Waals surface area contributed by atoms with Crippen LogP contribution in [-0.4, -0.2) is 30.6 Å². The van der Waals surface area contributed by atoms with E-state index in [4.69, 9.17) is 25.8 Å². The van der Waals surface area contributed by atoms with Gasteiger partial charge in [-0.3, -0.25) is 0 Å². The van der Waals surface area contributed by atoms with Gasteiger partial charge in [-0.05, 0) is 24.3 Å². The molecule has 1 aliphatic rings. The first kappa shape index (κ1) is 17.4. The van der Waals surface area contributed by atoms with Crippen molar-refractivity contribution >= 4 is 33.5 Å². The Morgan fingerprint density at radius 2 is 1.92 bits per heavy atom. The summed E-state index contributed by atoms with van der Waals surface area (Å²) in [5, 5.41) is 1.11. The fraction of sp³-hybridized carbons (Fsp3) is 0.278. The Bertz CT molecular complexity index is 692. The number of benzene rings is 2. The van der Waals surface area contributed by atoms with Crippen molar-refractivity contribution in [1.29, 1.82) is 0 Å². The summed E-state index contributed by atoms with van der Waals surface area (Å²) >= 11 is 9.37. The number of esters is 1. The molecule has 0 bridgehead atoms. The molecule has 24 heavy (non-hydrogen) atoms. The van der Waals surface area contributed by atoms with E-state index in [1.54, 1.807) is 36.4 Å². The molecule has 2 aromatic rings. The molecule has 2 atom stereocenters.